The lowest BCUT2D eigenvalue weighted by atomic mass is 10.1. The highest BCUT2D eigenvalue weighted by Gasteiger charge is 2.20. The second kappa shape index (κ2) is 11.5. The molecule has 0 heterocycles. The summed E-state index contributed by atoms with van der Waals surface area (Å²) in [6.07, 6.45) is 1.88. The molecule has 140 valence electrons. The van der Waals surface area contributed by atoms with Crippen LogP contribution in [0.2, 0.25) is 0 Å². The summed E-state index contributed by atoms with van der Waals surface area (Å²) in [5.74, 6) is 0.579. The van der Waals surface area contributed by atoms with Crippen LogP contribution >= 0.6 is 0 Å². The molecule has 1 aromatic carbocycles. The number of hydrogen-bond acceptors (Lipinski definition) is 6. The first-order chi connectivity index (χ1) is 11.9. The molecule has 6 heteroatoms. The zero-order valence-corrected chi connectivity index (χ0v) is 15.3. The number of carbonyl (C=O) groups is 2. The number of unbranched alkanes of at least 4 members (excludes halogenated alkanes) is 1. The molecule has 0 unspecified atom stereocenters. The molecule has 0 aromatic heterocycles. The molecule has 25 heavy (non-hydrogen) atoms. The highest BCUT2D eigenvalue weighted by molar-refractivity contribution is 5.85. The molecule has 0 saturated heterocycles. The molecule has 0 radical (unpaired) electrons. The average Bonchev–Trinajstić information content (AvgIpc) is 2.56. The van der Waals surface area contributed by atoms with E-state index in [0.717, 1.165) is 30.6 Å². The van der Waals surface area contributed by atoms with Crippen LogP contribution in [0.5, 0.6) is 5.75 Å². The van der Waals surface area contributed by atoms with Crippen LogP contribution in [-0.4, -0.2) is 31.4 Å². The molecule has 0 saturated carbocycles. The van der Waals surface area contributed by atoms with E-state index in [1.54, 1.807) is 0 Å². The van der Waals surface area contributed by atoms with Crippen LogP contribution in [-0.2, 0) is 20.7 Å². The summed E-state index contributed by atoms with van der Waals surface area (Å²) in [7, 11) is 0. The Labute approximate surface area is 149 Å². The monoisotopic (exact) mass is 351 g/mol. The largest absolute Gasteiger partial charge is 0.516 e. The van der Waals surface area contributed by atoms with Crippen LogP contribution in [0.15, 0.2) is 24.3 Å². The maximum atomic E-state index is 11.8. The lowest BCUT2D eigenvalue weighted by Gasteiger charge is -2.12. The van der Waals surface area contributed by atoms with Crippen LogP contribution in [0.4, 0.5) is 4.79 Å². The van der Waals surface area contributed by atoms with Crippen LogP contribution in [0.1, 0.15) is 45.6 Å². The van der Waals surface area contributed by atoms with Crippen LogP contribution in [0, 0.1) is 5.92 Å². The van der Waals surface area contributed by atoms with Crippen molar-refractivity contribution in [1.82, 2.24) is 0 Å². The fourth-order valence-corrected chi connectivity index (χ4v) is 1.96. The minimum Gasteiger partial charge on any atom is -0.494 e. The van der Waals surface area contributed by atoms with E-state index in [0.29, 0.717) is 12.5 Å². The first kappa shape index (κ1) is 21.0. The predicted octanol–water partition coefficient (Wildman–Crippen LogP) is 3.46. The molecule has 0 aliphatic carbocycles. The van der Waals surface area contributed by atoms with E-state index >= 15 is 0 Å². The summed E-state index contributed by atoms with van der Waals surface area (Å²) in [6, 6.07) is 6.44. The van der Waals surface area contributed by atoms with Crippen LogP contribution < -0.4 is 10.5 Å². The zero-order chi connectivity index (χ0) is 18.7. The van der Waals surface area contributed by atoms with Gasteiger partial charge in [-0.05, 0) is 42.9 Å². The molecule has 1 rings (SSSR count). The molecule has 0 amide bonds. The van der Waals surface area contributed by atoms with E-state index in [4.69, 9.17) is 15.2 Å². The maximum absolute atomic E-state index is 11.8. The lowest BCUT2D eigenvalue weighted by Crippen LogP contribution is -2.35. The Balaban J connectivity index is 2.38. The summed E-state index contributed by atoms with van der Waals surface area (Å²) in [4.78, 5) is 23.1. The van der Waals surface area contributed by atoms with E-state index in [1.807, 2.05) is 31.2 Å². The van der Waals surface area contributed by atoms with Crippen molar-refractivity contribution in [3.05, 3.63) is 29.8 Å². The number of nitrogens with two attached hydrogens (primary N) is 1. The van der Waals surface area contributed by atoms with Crippen molar-refractivity contribution in [2.45, 2.75) is 52.5 Å². The van der Waals surface area contributed by atoms with Crippen molar-refractivity contribution in [1.29, 1.82) is 0 Å². The Kier molecular flexibility index (Phi) is 9.62. The van der Waals surface area contributed by atoms with Crippen molar-refractivity contribution >= 4 is 12.1 Å². The van der Waals surface area contributed by atoms with Crippen molar-refractivity contribution in [3.8, 4) is 5.75 Å². The Morgan fingerprint density at radius 3 is 2.40 bits per heavy atom. The molecule has 1 atom stereocenters. The highest BCUT2D eigenvalue weighted by atomic mass is 16.7. The van der Waals surface area contributed by atoms with Crippen LogP contribution in [0.25, 0.3) is 0 Å². The SMILES string of the molecule is CCCCOC(=O)OC(=O)[C@@H](N)Cc1ccc(OCCC(C)C)cc1. The molecule has 0 aliphatic heterocycles. The predicted molar refractivity (Wildman–Crippen MR) is 95.4 cm³/mol. The van der Waals surface area contributed by atoms with Crippen molar-refractivity contribution in [3.63, 3.8) is 0 Å². The molecule has 2 N–H and O–H groups in total. The third-order valence-electron chi connectivity index (χ3n) is 3.55. The summed E-state index contributed by atoms with van der Waals surface area (Å²) in [5.41, 5.74) is 6.65. The summed E-state index contributed by atoms with van der Waals surface area (Å²) in [5, 5.41) is 0. The maximum Gasteiger partial charge on any atom is 0.516 e. The molecule has 0 aliphatic rings. The van der Waals surface area contributed by atoms with Crippen molar-refractivity contribution < 1.29 is 23.8 Å². The van der Waals surface area contributed by atoms with Crippen LogP contribution in [0.3, 0.4) is 0 Å². The van der Waals surface area contributed by atoms with Gasteiger partial charge in [0, 0.05) is 0 Å². The van der Waals surface area contributed by atoms with Gasteiger partial charge in [0.15, 0.2) is 0 Å². The van der Waals surface area contributed by atoms with E-state index in [9.17, 15) is 9.59 Å². The fraction of sp³-hybridized carbons (Fsp3) is 0.579. The molecule has 0 spiro atoms. The molecule has 0 bridgehead atoms. The molecular weight excluding hydrogens is 322 g/mol. The Hall–Kier alpha value is -2.08. The first-order valence-corrected chi connectivity index (χ1v) is 8.78. The Morgan fingerprint density at radius 2 is 1.80 bits per heavy atom. The first-order valence-electron chi connectivity index (χ1n) is 8.78. The number of rotatable bonds is 10. The second-order valence-electron chi connectivity index (χ2n) is 6.36. The summed E-state index contributed by atoms with van der Waals surface area (Å²) >= 11 is 0. The van der Waals surface area contributed by atoms with Gasteiger partial charge in [-0.15, -0.1) is 0 Å². The summed E-state index contributed by atoms with van der Waals surface area (Å²) < 4.78 is 15.0. The van der Waals surface area contributed by atoms with Gasteiger partial charge in [-0.25, -0.2) is 9.59 Å². The van der Waals surface area contributed by atoms with Gasteiger partial charge >= 0.3 is 12.1 Å². The number of carbonyl (C=O) groups excluding carboxylic acids is 2. The van der Waals surface area contributed by atoms with Gasteiger partial charge in [-0.2, -0.15) is 0 Å². The molecule has 6 nitrogen and oxygen atoms in total. The third-order valence-corrected chi connectivity index (χ3v) is 3.55. The minimum atomic E-state index is -0.997. The van der Waals surface area contributed by atoms with Gasteiger partial charge in [0.25, 0.3) is 0 Å². The zero-order valence-electron chi connectivity index (χ0n) is 15.3. The number of hydrogen-bond donors (Lipinski definition) is 1. The third kappa shape index (κ3) is 9.10. The van der Waals surface area contributed by atoms with Gasteiger partial charge in [-0.1, -0.05) is 39.3 Å². The molecule has 1 aromatic rings. The van der Waals surface area contributed by atoms with Crippen molar-refractivity contribution in [2.75, 3.05) is 13.2 Å². The average molecular weight is 351 g/mol. The Morgan fingerprint density at radius 1 is 1.12 bits per heavy atom. The quantitative estimate of drug-likeness (QED) is 0.394. The molecular formula is C19H29NO5. The van der Waals surface area contributed by atoms with Crippen molar-refractivity contribution in [2.24, 2.45) is 11.7 Å². The van der Waals surface area contributed by atoms with E-state index in [-0.39, 0.29) is 13.0 Å². The fourth-order valence-electron chi connectivity index (χ4n) is 1.96. The van der Waals surface area contributed by atoms with E-state index in [2.05, 4.69) is 18.6 Å². The topological polar surface area (TPSA) is 87.9 Å². The van der Waals surface area contributed by atoms with E-state index in [1.165, 1.54) is 0 Å². The van der Waals surface area contributed by atoms with Gasteiger partial charge < -0.3 is 19.9 Å². The standard InChI is InChI=1S/C19H29NO5/c1-4-5-11-24-19(22)25-18(21)17(20)13-15-6-8-16(9-7-15)23-12-10-14(2)3/h6-9,14,17H,4-5,10-13,20H2,1-3H3/t17-/m0/s1. The van der Waals surface area contributed by atoms with Gasteiger partial charge in [0.05, 0.1) is 13.2 Å². The smallest absolute Gasteiger partial charge is 0.494 e. The minimum absolute atomic E-state index is 0.232. The number of esters is 1. The molecule has 0 fully saturated rings. The summed E-state index contributed by atoms with van der Waals surface area (Å²) in [6.45, 7) is 7.16. The normalized spacial score (nSPS) is 11.9. The highest BCUT2D eigenvalue weighted by Crippen LogP contribution is 2.14. The number of benzene rings is 1. The lowest BCUT2D eigenvalue weighted by molar-refractivity contribution is -0.141. The van der Waals surface area contributed by atoms with E-state index < -0.39 is 18.2 Å². The van der Waals surface area contributed by atoms with Gasteiger partial charge in [0.2, 0.25) is 0 Å². The van der Waals surface area contributed by atoms with Gasteiger partial charge in [0.1, 0.15) is 11.8 Å². The van der Waals surface area contributed by atoms with Gasteiger partial charge in [-0.3, -0.25) is 0 Å². The second-order valence-corrected chi connectivity index (χ2v) is 6.36. The Bertz CT molecular complexity index is 527. The number of ether oxygens (including phenoxy) is 3.